The van der Waals surface area contributed by atoms with E-state index in [1.165, 1.54) is 4.90 Å². The molecule has 1 fully saturated rings. The lowest BCUT2D eigenvalue weighted by Gasteiger charge is -2.24. The molecule has 0 radical (unpaired) electrons. The first-order valence-electron chi connectivity index (χ1n) is 8.09. The van der Waals surface area contributed by atoms with Gasteiger partial charge in [-0.1, -0.05) is 19.0 Å². The Labute approximate surface area is 140 Å². The fraction of sp³-hybridized carbons (Fsp3) is 0.667. The second kappa shape index (κ2) is 7.89. The van der Waals surface area contributed by atoms with E-state index >= 15 is 0 Å². The van der Waals surface area contributed by atoms with Gasteiger partial charge >= 0.3 is 6.03 Å². The van der Waals surface area contributed by atoms with Crippen LogP contribution >= 0.6 is 0 Å². The molecular formula is C15H23N5O4. The number of hydrogen-bond donors (Lipinski definition) is 2. The molecular weight excluding hydrogens is 314 g/mol. The summed E-state index contributed by atoms with van der Waals surface area (Å²) in [6.45, 7) is 6.56. The van der Waals surface area contributed by atoms with Gasteiger partial charge in [0.25, 0.3) is 0 Å². The molecule has 1 aliphatic heterocycles. The maximum atomic E-state index is 12.6. The van der Waals surface area contributed by atoms with E-state index in [2.05, 4.69) is 34.6 Å². The molecule has 0 spiro atoms. The van der Waals surface area contributed by atoms with Gasteiger partial charge in [-0.3, -0.25) is 14.9 Å². The van der Waals surface area contributed by atoms with Crippen molar-refractivity contribution in [3.8, 4) is 0 Å². The number of nitrogens with one attached hydrogen (secondary N) is 2. The number of imide groups is 1. The number of hydrogen-bond acceptors (Lipinski definition) is 6. The van der Waals surface area contributed by atoms with Crippen LogP contribution in [0.4, 0.5) is 4.79 Å². The number of carbonyl (C=O) groups is 3. The van der Waals surface area contributed by atoms with Crippen molar-refractivity contribution in [2.75, 3.05) is 6.54 Å². The van der Waals surface area contributed by atoms with Gasteiger partial charge in [-0.25, -0.2) is 4.79 Å². The molecule has 132 valence electrons. The van der Waals surface area contributed by atoms with Crippen LogP contribution < -0.4 is 10.6 Å². The van der Waals surface area contributed by atoms with Crippen molar-refractivity contribution in [2.45, 2.75) is 52.6 Å². The topological polar surface area (TPSA) is 117 Å². The number of likely N-dealkylation sites (N-methyl/N-ethyl adjacent to an activating group) is 1. The molecule has 1 aromatic rings. The first-order chi connectivity index (χ1) is 11.4. The standard InChI is InChI=1S/C15H23N5O4/c1-4-20(8-11-17-13(24-19-11)7-9(2)3)14(22)10-5-6-12(21)18-15(23)16-10/h9-10H,4-8H2,1-3H3,(H2,16,18,21,23)/t10-/m0/s1. The summed E-state index contributed by atoms with van der Waals surface area (Å²) in [5, 5.41) is 8.57. The molecule has 0 aliphatic carbocycles. The fourth-order valence-corrected chi connectivity index (χ4v) is 2.44. The third-order valence-corrected chi connectivity index (χ3v) is 3.64. The highest BCUT2D eigenvalue weighted by molar-refractivity contribution is 5.98. The number of carbonyl (C=O) groups excluding carboxylic acids is 3. The molecule has 1 atom stereocenters. The lowest BCUT2D eigenvalue weighted by Crippen LogP contribution is -2.49. The number of aromatic nitrogens is 2. The Morgan fingerprint density at radius 2 is 2.17 bits per heavy atom. The van der Waals surface area contributed by atoms with Crippen molar-refractivity contribution in [3.05, 3.63) is 11.7 Å². The molecule has 0 bridgehead atoms. The molecule has 1 aliphatic rings. The smallest absolute Gasteiger partial charge is 0.322 e. The quantitative estimate of drug-likeness (QED) is 0.785. The SMILES string of the molecule is CCN(Cc1noc(CC(C)C)n1)C(=O)[C@@H]1CCC(=O)NC(=O)N1. The van der Waals surface area contributed by atoms with Gasteiger partial charge in [-0.05, 0) is 19.3 Å². The van der Waals surface area contributed by atoms with Gasteiger partial charge in [0.2, 0.25) is 17.7 Å². The highest BCUT2D eigenvalue weighted by Crippen LogP contribution is 2.10. The Kier molecular flexibility index (Phi) is 5.88. The minimum absolute atomic E-state index is 0.118. The van der Waals surface area contributed by atoms with Gasteiger partial charge < -0.3 is 14.7 Å². The molecule has 9 heteroatoms. The molecule has 2 heterocycles. The van der Waals surface area contributed by atoms with Crippen LogP contribution in [0.3, 0.4) is 0 Å². The Balaban J connectivity index is 2.01. The molecule has 0 aromatic carbocycles. The van der Waals surface area contributed by atoms with Crippen LogP contribution in [0.15, 0.2) is 4.52 Å². The molecule has 2 N–H and O–H groups in total. The zero-order chi connectivity index (χ0) is 17.7. The Morgan fingerprint density at radius 3 is 2.83 bits per heavy atom. The van der Waals surface area contributed by atoms with E-state index in [4.69, 9.17) is 4.52 Å². The van der Waals surface area contributed by atoms with Gasteiger partial charge in [0.05, 0.1) is 6.54 Å². The van der Waals surface area contributed by atoms with E-state index in [0.717, 1.165) is 0 Å². The van der Waals surface area contributed by atoms with Gasteiger partial charge in [-0.2, -0.15) is 4.98 Å². The third-order valence-electron chi connectivity index (χ3n) is 3.64. The van der Waals surface area contributed by atoms with E-state index in [-0.39, 0.29) is 31.2 Å². The summed E-state index contributed by atoms with van der Waals surface area (Å²) in [6, 6.07) is -1.39. The monoisotopic (exact) mass is 337 g/mol. The predicted molar refractivity (Wildman–Crippen MR) is 83.6 cm³/mol. The van der Waals surface area contributed by atoms with E-state index in [1.54, 1.807) is 0 Å². The van der Waals surface area contributed by atoms with Crippen molar-refractivity contribution in [1.29, 1.82) is 0 Å². The van der Waals surface area contributed by atoms with Gasteiger partial charge in [0.1, 0.15) is 6.04 Å². The number of nitrogens with zero attached hydrogens (tertiary/aromatic N) is 3. The van der Waals surface area contributed by atoms with Crippen LogP contribution in [0.25, 0.3) is 0 Å². The maximum Gasteiger partial charge on any atom is 0.322 e. The van der Waals surface area contributed by atoms with Crippen molar-refractivity contribution in [2.24, 2.45) is 5.92 Å². The Hall–Kier alpha value is -2.45. The van der Waals surface area contributed by atoms with E-state index in [9.17, 15) is 14.4 Å². The summed E-state index contributed by atoms with van der Waals surface area (Å²) < 4.78 is 5.17. The maximum absolute atomic E-state index is 12.6. The van der Waals surface area contributed by atoms with Crippen molar-refractivity contribution < 1.29 is 18.9 Å². The first-order valence-corrected chi connectivity index (χ1v) is 8.09. The number of amides is 4. The minimum Gasteiger partial charge on any atom is -0.339 e. The molecule has 0 unspecified atom stereocenters. The zero-order valence-corrected chi connectivity index (χ0v) is 14.2. The predicted octanol–water partition coefficient (Wildman–Crippen LogP) is 0.605. The number of rotatable bonds is 6. The highest BCUT2D eigenvalue weighted by Gasteiger charge is 2.29. The first kappa shape index (κ1) is 17.9. The van der Waals surface area contributed by atoms with Crippen LogP contribution in [0.1, 0.15) is 45.3 Å². The van der Waals surface area contributed by atoms with Gasteiger partial charge in [0, 0.05) is 19.4 Å². The van der Waals surface area contributed by atoms with E-state index in [1.807, 2.05) is 6.92 Å². The summed E-state index contributed by atoms with van der Waals surface area (Å²) >= 11 is 0. The summed E-state index contributed by atoms with van der Waals surface area (Å²) in [5.74, 6) is 0.712. The normalized spacial score (nSPS) is 18.1. The summed E-state index contributed by atoms with van der Waals surface area (Å²) in [4.78, 5) is 41.3. The summed E-state index contributed by atoms with van der Waals surface area (Å²) in [6.07, 6.45) is 1.06. The van der Waals surface area contributed by atoms with Crippen LogP contribution in [0, 0.1) is 5.92 Å². The third kappa shape index (κ3) is 4.77. The largest absolute Gasteiger partial charge is 0.339 e. The van der Waals surface area contributed by atoms with Crippen molar-refractivity contribution in [3.63, 3.8) is 0 Å². The Morgan fingerprint density at radius 1 is 1.42 bits per heavy atom. The molecule has 2 rings (SSSR count). The van der Waals surface area contributed by atoms with Crippen molar-refractivity contribution in [1.82, 2.24) is 25.7 Å². The second-order valence-electron chi connectivity index (χ2n) is 6.17. The fourth-order valence-electron chi connectivity index (χ4n) is 2.44. The average molecular weight is 337 g/mol. The molecule has 0 saturated carbocycles. The molecule has 24 heavy (non-hydrogen) atoms. The molecule has 1 saturated heterocycles. The number of urea groups is 1. The van der Waals surface area contributed by atoms with Crippen LogP contribution in [-0.2, 0) is 22.6 Å². The van der Waals surface area contributed by atoms with E-state index in [0.29, 0.717) is 30.6 Å². The van der Waals surface area contributed by atoms with Crippen LogP contribution in [-0.4, -0.2) is 45.5 Å². The van der Waals surface area contributed by atoms with Crippen molar-refractivity contribution >= 4 is 17.8 Å². The average Bonchev–Trinajstić information content (AvgIpc) is 2.86. The van der Waals surface area contributed by atoms with Gasteiger partial charge in [0.15, 0.2) is 5.82 Å². The minimum atomic E-state index is -0.738. The van der Waals surface area contributed by atoms with Gasteiger partial charge in [-0.15, -0.1) is 0 Å². The Bertz CT molecular complexity index is 613. The zero-order valence-electron chi connectivity index (χ0n) is 14.2. The lowest BCUT2D eigenvalue weighted by atomic mass is 10.1. The molecule has 4 amide bonds. The van der Waals surface area contributed by atoms with Crippen LogP contribution in [0.5, 0.6) is 0 Å². The summed E-state index contributed by atoms with van der Waals surface area (Å²) in [7, 11) is 0. The second-order valence-corrected chi connectivity index (χ2v) is 6.17. The highest BCUT2D eigenvalue weighted by atomic mass is 16.5. The summed E-state index contributed by atoms with van der Waals surface area (Å²) in [5.41, 5.74) is 0. The lowest BCUT2D eigenvalue weighted by molar-refractivity contribution is -0.133. The molecule has 1 aromatic heterocycles. The molecule has 9 nitrogen and oxygen atoms in total. The van der Waals surface area contributed by atoms with Crippen LogP contribution in [0.2, 0.25) is 0 Å². The van der Waals surface area contributed by atoms with E-state index < -0.39 is 12.1 Å².